The van der Waals surface area contributed by atoms with Crippen LogP contribution in [-0.4, -0.2) is 33.3 Å². The Hall–Kier alpha value is -1.97. The van der Waals surface area contributed by atoms with Crippen LogP contribution in [0, 0.1) is 0 Å². The first kappa shape index (κ1) is 19.4. The number of benzene rings is 1. The van der Waals surface area contributed by atoms with Gasteiger partial charge in [-0.1, -0.05) is 23.2 Å². The number of rotatable bonds is 6. The van der Waals surface area contributed by atoms with E-state index in [-0.39, 0.29) is 46.4 Å². The van der Waals surface area contributed by atoms with Crippen molar-refractivity contribution in [1.29, 1.82) is 0 Å². The molecular weight excluding hydrogens is 384 g/mol. The molecule has 1 aromatic carbocycles. The lowest BCUT2D eigenvalue weighted by atomic mass is 10.3. The summed E-state index contributed by atoms with van der Waals surface area (Å²) in [5.74, 6) is -0.729. The van der Waals surface area contributed by atoms with Gasteiger partial charge >= 0.3 is 6.18 Å². The van der Waals surface area contributed by atoms with Crippen LogP contribution in [-0.2, 0) is 6.18 Å². The van der Waals surface area contributed by atoms with E-state index >= 15 is 0 Å². The summed E-state index contributed by atoms with van der Waals surface area (Å²) in [5.41, 5.74) is -0.909. The molecule has 0 saturated carbocycles. The molecule has 11 heteroatoms. The molecule has 0 saturated heterocycles. The zero-order valence-electron chi connectivity index (χ0n) is 12.5. The zero-order chi connectivity index (χ0) is 18.6. The maximum atomic E-state index is 13.0. The van der Waals surface area contributed by atoms with Crippen molar-refractivity contribution in [2.75, 3.05) is 23.8 Å². The first-order valence-corrected chi connectivity index (χ1v) is 7.72. The lowest BCUT2D eigenvalue weighted by Gasteiger charge is -2.13. The van der Waals surface area contributed by atoms with Crippen LogP contribution in [0.4, 0.5) is 30.6 Å². The molecular formula is C14H13Cl2F3N4O2. The number of aliphatic hydroxyl groups is 1. The van der Waals surface area contributed by atoms with Gasteiger partial charge in [0.15, 0.2) is 11.4 Å². The van der Waals surface area contributed by atoms with Gasteiger partial charge in [0.1, 0.15) is 5.82 Å². The lowest BCUT2D eigenvalue weighted by molar-refractivity contribution is -0.141. The first-order valence-electron chi connectivity index (χ1n) is 6.96. The van der Waals surface area contributed by atoms with Crippen LogP contribution in [0.2, 0.25) is 10.0 Å². The summed E-state index contributed by atoms with van der Waals surface area (Å²) in [5, 5.41) is 23.4. The van der Waals surface area contributed by atoms with E-state index < -0.39 is 11.9 Å². The van der Waals surface area contributed by atoms with Gasteiger partial charge in [0, 0.05) is 24.9 Å². The van der Waals surface area contributed by atoms with Crippen molar-refractivity contribution in [3.63, 3.8) is 0 Å². The fourth-order valence-electron chi connectivity index (χ4n) is 1.80. The second kappa shape index (κ2) is 7.94. The molecule has 0 aliphatic rings. The third kappa shape index (κ3) is 5.25. The molecule has 0 bridgehead atoms. The summed E-state index contributed by atoms with van der Waals surface area (Å²) in [6.45, 7) is 0.0791. The molecule has 1 heterocycles. The number of halogens is 5. The van der Waals surface area contributed by atoms with E-state index in [1.54, 1.807) is 0 Å². The van der Waals surface area contributed by atoms with Crippen molar-refractivity contribution in [2.45, 2.75) is 12.6 Å². The highest BCUT2D eigenvalue weighted by Gasteiger charge is 2.33. The number of phenols is 1. The second-order valence-electron chi connectivity index (χ2n) is 4.88. The third-order valence-corrected chi connectivity index (χ3v) is 3.50. The van der Waals surface area contributed by atoms with Crippen LogP contribution >= 0.6 is 23.2 Å². The summed E-state index contributed by atoms with van der Waals surface area (Å²) < 4.78 is 39.0. The van der Waals surface area contributed by atoms with E-state index in [0.29, 0.717) is 6.42 Å². The molecule has 0 atom stereocenters. The monoisotopic (exact) mass is 396 g/mol. The van der Waals surface area contributed by atoms with Crippen LogP contribution in [0.15, 0.2) is 18.2 Å². The number of aromatic hydroxyl groups is 1. The predicted octanol–water partition coefficient (Wildman–Crippen LogP) is 4.05. The average molecular weight is 397 g/mol. The molecule has 136 valence electrons. The first-order chi connectivity index (χ1) is 11.7. The Bertz CT molecular complexity index is 736. The number of anilines is 3. The Morgan fingerprint density at radius 1 is 1.08 bits per heavy atom. The van der Waals surface area contributed by atoms with E-state index in [2.05, 4.69) is 20.6 Å². The van der Waals surface area contributed by atoms with E-state index in [1.165, 1.54) is 12.1 Å². The highest BCUT2D eigenvalue weighted by Crippen LogP contribution is 2.36. The number of alkyl halides is 3. The van der Waals surface area contributed by atoms with Gasteiger partial charge in [0.2, 0.25) is 5.95 Å². The smallest absolute Gasteiger partial charge is 0.433 e. The van der Waals surface area contributed by atoms with Crippen molar-refractivity contribution < 1.29 is 23.4 Å². The number of aromatic nitrogens is 2. The third-order valence-electron chi connectivity index (χ3n) is 2.92. The Labute approximate surface area is 150 Å². The predicted molar refractivity (Wildman–Crippen MR) is 88.6 cm³/mol. The second-order valence-corrected chi connectivity index (χ2v) is 5.69. The molecule has 6 nitrogen and oxygen atoms in total. The lowest BCUT2D eigenvalue weighted by Crippen LogP contribution is -2.14. The van der Waals surface area contributed by atoms with Crippen molar-refractivity contribution >= 4 is 40.7 Å². The van der Waals surface area contributed by atoms with Crippen molar-refractivity contribution in [2.24, 2.45) is 0 Å². The number of nitrogens with one attached hydrogen (secondary N) is 2. The summed E-state index contributed by atoms with van der Waals surface area (Å²) >= 11 is 11.6. The Kier molecular flexibility index (Phi) is 6.15. The van der Waals surface area contributed by atoms with Crippen LogP contribution in [0.25, 0.3) is 0 Å². The summed E-state index contributed by atoms with van der Waals surface area (Å²) in [6.07, 6.45) is -4.34. The fourth-order valence-corrected chi connectivity index (χ4v) is 2.29. The summed E-state index contributed by atoms with van der Waals surface area (Å²) in [4.78, 5) is 7.34. The molecule has 25 heavy (non-hydrogen) atoms. The van der Waals surface area contributed by atoms with Gasteiger partial charge in [0.05, 0.1) is 10.0 Å². The van der Waals surface area contributed by atoms with Crippen LogP contribution in [0.5, 0.6) is 5.75 Å². The fraction of sp³-hybridized carbons (Fsp3) is 0.286. The Morgan fingerprint density at radius 3 is 2.28 bits per heavy atom. The van der Waals surface area contributed by atoms with Gasteiger partial charge in [-0.2, -0.15) is 18.2 Å². The molecule has 0 aliphatic carbocycles. The van der Waals surface area contributed by atoms with Crippen molar-refractivity contribution in [3.8, 4) is 5.75 Å². The number of hydrogen-bond donors (Lipinski definition) is 4. The van der Waals surface area contributed by atoms with Crippen LogP contribution in [0.3, 0.4) is 0 Å². The van der Waals surface area contributed by atoms with Gasteiger partial charge in [-0.3, -0.25) is 0 Å². The Balaban J connectivity index is 2.34. The number of phenolic OH excluding ortho intramolecular Hbond substituents is 1. The van der Waals surface area contributed by atoms with E-state index in [0.717, 1.165) is 6.07 Å². The van der Waals surface area contributed by atoms with Crippen LogP contribution < -0.4 is 10.6 Å². The van der Waals surface area contributed by atoms with E-state index in [1.807, 2.05) is 0 Å². The average Bonchev–Trinajstić information content (AvgIpc) is 2.52. The van der Waals surface area contributed by atoms with Gasteiger partial charge in [-0.25, -0.2) is 4.98 Å². The SMILES string of the molecule is OCCCNc1nc(Nc2cc(Cl)c(O)c(Cl)c2)cc(C(F)(F)F)n1. The largest absolute Gasteiger partial charge is 0.505 e. The molecule has 0 unspecified atom stereocenters. The molecule has 2 rings (SSSR count). The number of nitrogens with zero attached hydrogens (tertiary/aromatic N) is 2. The van der Waals surface area contributed by atoms with Gasteiger partial charge < -0.3 is 20.8 Å². The summed E-state index contributed by atoms with van der Waals surface area (Å²) in [7, 11) is 0. The van der Waals surface area contributed by atoms with Crippen molar-refractivity contribution in [1.82, 2.24) is 9.97 Å². The minimum absolute atomic E-state index is 0.0682. The van der Waals surface area contributed by atoms with Crippen LogP contribution in [0.1, 0.15) is 12.1 Å². The topological polar surface area (TPSA) is 90.3 Å². The van der Waals surface area contributed by atoms with Gasteiger partial charge in [0.25, 0.3) is 0 Å². The molecule has 0 aliphatic heterocycles. The zero-order valence-corrected chi connectivity index (χ0v) is 14.0. The van der Waals surface area contributed by atoms with E-state index in [4.69, 9.17) is 28.3 Å². The van der Waals surface area contributed by atoms with Crippen molar-refractivity contribution in [3.05, 3.63) is 33.9 Å². The molecule has 1 aromatic heterocycles. The normalized spacial score (nSPS) is 11.4. The molecule has 2 aromatic rings. The summed E-state index contributed by atoms with van der Waals surface area (Å²) in [6, 6.07) is 3.31. The molecule has 4 N–H and O–H groups in total. The Morgan fingerprint density at radius 2 is 1.72 bits per heavy atom. The quantitative estimate of drug-likeness (QED) is 0.435. The maximum absolute atomic E-state index is 13.0. The standard InChI is InChI=1S/C14H13Cl2F3N4O2/c15-8-4-7(5-9(16)12(8)25)21-11-6-10(14(17,18)19)22-13(23-11)20-2-1-3-24/h4-6,24-25H,1-3H2,(H2,20,21,22,23). The maximum Gasteiger partial charge on any atom is 0.433 e. The van der Waals surface area contributed by atoms with E-state index in [9.17, 15) is 18.3 Å². The number of aliphatic hydroxyl groups excluding tert-OH is 1. The molecule has 0 amide bonds. The highest BCUT2D eigenvalue weighted by molar-refractivity contribution is 6.37. The minimum Gasteiger partial charge on any atom is -0.505 e. The number of hydrogen-bond acceptors (Lipinski definition) is 6. The molecule has 0 fully saturated rings. The molecule has 0 radical (unpaired) electrons. The molecule has 0 spiro atoms. The van der Waals surface area contributed by atoms with Gasteiger partial charge in [-0.15, -0.1) is 0 Å². The van der Waals surface area contributed by atoms with Gasteiger partial charge in [-0.05, 0) is 18.6 Å². The highest BCUT2D eigenvalue weighted by atomic mass is 35.5. The minimum atomic E-state index is -4.67.